The van der Waals surface area contributed by atoms with Crippen molar-refractivity contribution in [1.82, 2.24) is 19.8 Å². The number of ether oxygens (including phenoxy) is 2. The fraction of sp³-hybridized carbons (Fsp3) is 0.278. The van der Waals surface area contributed by atoms with E-state index >= 15 is 0 Å². The van der Waals surface area contributed by atoms with Gasteiger partial charge in [0.15, 0.2) is 11.5 Å². The minimum Gasteiger partial charge on any atom is -0.406 e. The highest BCUT2D eigenvalue weighted by Gasteiger charge is 2.31. The van der Waals surface area contributed by atoms with E-state index in [1.54, 1.807) is 16.6 Å². The van der Waals surface area contributed by atoms with Gasteiger partial charge in [-0.25, -0.2) is 0 Å². The maximum absolute atomic E-state index is 12.3. The first-order chi connectivity index (χ1) is 13.0. The van der Waals surface area contributed by atoms with Crippen LogP contribution in [0.2, 0.25) is 0 Å². The summed E-state index contributed by atoms with van der Waals surface area (Å²) in [6, 6.07) is 9.05. The van der Waals surface area contributed by atoms with Crippen molar-refractivity contribution < 1.29 is 22.6 Å². The molecule has 0 amide bonds. The molecule has 0 saturated carbocycles. The largest absolute Gasteiger partial charge is 0.573 e. The molecule has 0 N–H and O–H groups in total. The van der Waals surface area contributed by atoms with Gasteiger partial charge in [0.05, 0.1) is 12.3 Å². The van der Waals surface area contributed by atoms with E-state index in [1.807, 2.05) is 6.08 Å². The Hall–Kier alpha value is -2.94. The smallest absolute Gasteiger partial charge is 0.406 e. The van der Waals surface area contributed by atoms with Crippen molar-refractivity contribution in [3.63, 3.8) is 0 Å². The summed E-state index contributed by atoms with van der Waals surface area (Å²) in [7, 11) is 0. The fourth-order valence-corrected chi connectivity index (χ4v) is 2.85. The Morgan fingerprint density at radius 2 is 1.89 bits per heavy atom. The SMILES string of the molecule is FC(F)(F)Oc1ccc(-c2ccc3nnc(/C=C4/CCCOC4)n3n2)cc1. The van der Waals surface area contributed by atoms with Crippen LogP contribution in [0.3, 0.4) is 0 Å². The molecule has 1 saturated heterocycles. The van der Waals surface area contributed by atoms with Gasteiger partial charge in [-0.15, -0.1) is 23.4 Å². The van der Waals surface area contributed by atoms with Crippen LogP contribution >= 0.6 is 0 Å². The van der Waals surface area contributed by atoms with Crippen molar-refractivity contribution in [3.05, 3.63) is 47.8 Å². The summed E-state index contributed by atoms with van der Waals surface area (Å²) in [5, 5.41) is 12.8. The van der Waals surface area contributed by atoms with Crippen LogP contribution < -0.4 is 4.74 Å². The van der Waals surface area contributed by atoms with Gasteiger partial charge in [-0.05, 0) is 60.9 Å². The summed E-state index contributed by atoms with van der Waals surface area (Å²) in [6.45, 7) is 1.32. The molecule has 0 spiro atoms. The normalized spacial score (nSPS) is 16.8. The summed E-state index contributed by atoms with van der Waals surface area (Å²) in [4.78, 5) is 0. The lowest BCUT2D eigenvalue weighted by atomic mass is 10.1. The number of benzene rings is 1. The first kappa shape index (κ1) is 17.5. The number of alkyl halides is 3. The highest BCUT2D eigenvalue weighted by Crippen LogP contribution is 2.26. The number of fused-ring (bicyclic) bond motifs is 1. The Balaban J connectivity index is 1.64. The molecule has 0 bridgehead atoms. The van der Waals surface area contributed by atoms with Crippen LogP contribution in [0.25, 0.3) is 23.0 Å². The molecule has 140 valence electrons. The topological polar surface area (TPSA) is 61.5 Å². The van der Waals surface area contributed by atoms with Gasteiger partial charge in [-0.2, -0.15) is 9.61 Å². The van der Waals surface area contributed by atoms with Crippen molar-refractivity contribution in [2.24, 2.45) is 0 Å². The van der Waals surface area contributed by atoms with Crippen LogP contribution in [-0.2, 0) is 4.74 Å². The number of nitrogens with zero attached hydrogens (tertiary/aromatic N) is 4. The van der Waals surface area contributed by atoms with Gasteiger partial charge < -0.3 is 9.47 Å². The van der Waals surface area contributed by atoms with E-state index in [0.29, 0.717) is 29.3 Å². The number of halogens is 3. The van der Waals surface area contributed by atoms with Gasteiger partial charge in [-0.1, -0.05) is 0 Å². The van der Waals surface area contributed by atoms with Crippen LogP contribution in [0.1, 0.15) is 18.7 Å². The molecule has 27 heavy (non-hydrogen) atoms. The Morgan fingerprint density at radius 1 is 1.07 bits per heavy atom. The van der Waals surface area contributed by atoms with Crippen LogP contribution in [0, 0.1) is 0 Å². The Morgan fingerprint density at radius 3 is 2.59 bits per heavy atom. The van der Waals surface area contributed by atoms with E-state index in [2.05, 4.69) is 20.0 Å². The molecule has 3 heterocycles. The van der Waals surface area contributed by atoms with Crippen molar-refractivity contribution in [2.45, 2.75) is 19.2 Å². The molecule has 0 aliphatic carbocycles. The standard InChI is InChI=1S/C18H15F3N4O2/c19-18(20,21)27-14-5-3-13(4-6-14)15-7-8-16-22-23-17(25(16)24-15)10-12-2-1-9-26-11-12/h3-8,10H,1-2,9,11H2/b12-10-. The lowest BCUT2D eigenvalue weighted by Gasteiger charge is -2.13. The van der Waals surface area contributed by atoms with Crippen molar-refractivity contribution in [1.29, 1.82) is 0 Å². The summed E-state index contributed by atoms with van der Waals surface area (Å²) in [5.74, 6) is 0.309. The van der Waals surface area contributed by atoms with Gasteiger partial charge in [0.25, 0.3) is 0 Å². The van der Waals surface area contributed by atoms with Crippen LogP contribution in [0.5, 0.6) is 5.75 Å². The second kappa shape index (κ2) is 6.99. The lowest BCUT2D eigenvalue weighted by molar-refractivity contribution is -0.274. The molecule has 6 nitrogen and oxygen atoms in total. The predicted octanol–water partition coefficient (Wildman–Crippen LogP) is 3.88. The number of rotatable bonds is 3. The lowest BCUT2D eigenvalue weighted by Crippen LogP contribution is -2.16. The van der Waals surface area contributed by atoms with E-state index < -0.39 is 6.36 Å². The molecule has 0 unspecified atom stereocenters. The number of hydrogen-bond donors (Lipinski definition) is 0. The number of aromatic nitrogens is 4. The molecule has 1 fully saturated rings. The molecule has 1 aliphatic rings. The average Bonchev–Trinajstić information content (AvgIpc) is 3.04. The molecule has 4 rings (SSSR count). The molecule has 0 radical (unpaired) electrons. The quantitative estimate of drug-likeness (QED) is 0.694. The minimum atomic E-state index is -4.72. The zero-order valence-corrected chi connectivity index (χ0v) is 14.1. The molecule has 1 aromatic carbocycles. The first-order valence-electron chi connectivity index (χ1n) is 8.34. The van der Waals surface area contributed by atoms with Gasteiger partial charge in [0.1, 0.15) is 5.75 Å². The van der Waals surface area contributed by atoms with Gasteiger partial charge >= 0.3 is 6.36 Å². The Kier molecular flexibility index (Phi) is 4.53. The second-order valence-electron chi connectivity index (χ2n) is 6.08. The predicted molar refractivity (Wildman–Crippen MR) is 90.9 cm³/mol. The molecular formula is C18H15F3N4O2. The summed E-state index contributed by atoms with van der Waals surface area (Å²) in [6.07, 6.45) is -0.897. The molecule has 9 heteroatoms. The van der Waals surface area contributed by atoms with Crippen LogP contribution in [-0.4, -0.2) is 39.4 Å². The van der Waals surface area contributed by atoms with Crippen molar-refractivity contribution in [2.75, 3.05) is 13.2 Å². The fourth-order valence-electron chi connectivity index (χ4n) is 2.85. The zero-order chi connectivity index (χ0) is 18.9. The number of hydrogen-bond acceptors (Lipinski definition) is 5. The minimum absolute atomic E-state index is 0.278. The van der Waals surface area contributed by atoms with Gasteiger partial charge in [-0.3, -0.25) is 0 Å². The van der Waals surface area contributed by atoms with Gasteiger partial charge in [0.2, 0.25) is 0 Å². The van der Waals surface area contributed by atoms with Gasteiger partial charge in [0, 0.05) is 12.2 Å². The van der Waals surface area contributed by atoms with Crippen LogP contribution in [0.15, 0.2) is 42.0 Å². The highest BCUT2D eigenvalue weighted by molar-refractivity contribution is 5.62. The maximum Gasteiger partial charge on any atom is 0.573 e. The van der Waals surface area contributed by atoms with Crippen LogP contribution in [0.4, 0.5) is 13.2 Å². The summed E-state index contributed by atoms with van der Waals surface area (Å²) >= 11 is 0. The zero-order valence-electron chi connectivity index (χ0n) is 14.1. The Bertz CT molecular complexity index is 972. The third kappa shape index (κ3) is 4.08. The first-order valence-corrected chi connectivity index (χ1v) is 8.34. The van der Waals surface area contributed by atoms with E-state index in [1.165, 1.54) is 24.3 Å². The molecule has 1 aliphatic heterocycles. The molecule has 2 aromatic heterocycles. The summed E-state index contributed by atoms with van der Waals surface area (Å²) < 4.78 is 47.8. The highest BCUT2D eigenvalue weighted by atomic mass is 19.4. The van der Waals surface area contributed by atoms with Crippen molar-refractivity contribution >= 4 is 11.7 Å². The Labute approximate surface area is 152 Å². The maximum atomic E-state index is 12.3. The molecular weight excluding hydrogens is 361 g/mol. The van der Waals surface area contributed by atoms with E-state index in [0.717, 1.165) is 25.0 Å². The average molecular weight is 376 g/mol. The third-order valence-corrected chi connectivity index (χ3v) is 4.08. The van der Waals surface area contributed by atoms with E-state index in [4.69, 9.17) is 4.74 Å². The van der Waals surface area contributed by atoms with E-state index in [9.17, 15) is 13.2 Å². The van der Waals surface area contributed by atoms with E-state index in [-0.39, 0.29) is 5.75 Å². The monoisotopic (exact) mass is 376 g/mol. The molecule has 0 atom stereocenters. The summed E-state index contributed by atoms with van der Waals surface area (Å²) in [5.41, 5.74) is 2.94. The third-order valence-electron chi connectivity index (χ3n) is 4.08. The van der Waals surface area contributed by atoms with Crippen molar-refractivity contribution in [3.8, 4) is 17.0 Å². The second-order valence-corrected chi connectivity index (χ2v) is 6.08. The molecule has 3 aromatic rings.